The molecule has 0 aliphatic carbocycles. The van der Waals surface area contributed by atoms with Crippen LogP contribution in [0.25, 0.3) is 0 Å². The van der Waals surface area contributed by atoms with Crippen molar-refractivity contribution in [2.24, 2.45) is 5.92 Å². The van der Waals surface area contributed by atoms with Crippen molar-refractivity contribution in [1.29, 1.82) is 0 Å². The zero-order chi connectivity index (χ0) is 11.4. The average molecular weight is 284 g/mol. The first-order valence-corrected chi connectivity index (χ1v) is 6.62. The highest BCUT2D eigenvalue weighted by Crippen LogP contribution is 2.18. The lowest BCUT2D eigenvalue weighted by molar-refractivity contribution is 0.389. The van der Waals surface area contributed by atoms with Gasteiger partial charge in [-0.25, -0.2) is 4.98 Å². The molecule has 0 bridgehead atoms. The van der Waals surface area contributed by atoms with E-state index in [4.69, 9.17) is 0 Å². The van der Waals surface area contributed by atoms with Crippen LogP contribution in [0.4, 0.5) is 5.82 Å². The maximum Gasteiger partial charge on any atom is 0.128 e. The molecule has 16 heavy (non-hydrogen) atoms. The monoisotopic (exact) mass is 283 g/mol. The number of hydrogen-bond acceptors (Lipinski definition) is 3. The first-order chi connectivity index (χ1) is 7.75. The summed E-state index contributed by atoms with van der Waals surface area (Å²) in [5.74, 6) is 1.80. The minimum Gasteiger partial charge on any atom is -0.370 e. The number of pyridine rings is 1. The van der Waals surface area contributed by atoms with Crippen molar-refractivity contribution in [2.45, 2.75) is 19.8 Å². The van der Waals surface area contributed by atoms with E-state index in [9.17, 15) is 0 Å². The van der Waals surface area contributed by atoms with E-state index in [0.29, 0.717) is 0 Å². The Balaban J connectivity index is 1.88. The summed E-state index contributed by atoms with van der Waals surface area (Å²) in [4.78, 5) is 4.39. The third-order valence-electron chi connectivity index (χ3n) is 3.06. The maximum absolute atomic E-state index is 4.39. The van der Waals surface area contributed by atoms with Crippen molar-refractivity contribution in [3.8, 4) is 0 Å². The van der Waals surface area contributed by atoms with Crippen LogP contribution < -0.4 is 10.6 Å². The Hall–Kier alpha value is -0.610. The Kier molecular flexibility index (Phi) is 4.18. The minimum atomic E-state index is 0.783. The molecular weight excluding hydrogens is 266 g/mol. The normalized spacial score (nSPS) is 17.4. The van der Waals surface area contributed by atoms with Gasteiger partial charge >= 0.3 is 0 Å². The number of piperidine rings is 1. The van der Waals surface area contributed by atoms with E-state index in [1.54, 1.807) is 0 Å². The second kappa shape index (κ2) is 5.64. The van der Waals surface area contributed by atoms with Gasteiger partial charge in [-0.2, -0.15) is 0 Å². The molecule has 1 aromatic rings. The van der Waals surface area contributed by atoms with Gasteiger partial charge in [-0.3, -0.25) is 0 Å². The highest BCUT2D eigenvalue weighted by Gasteiger charge is 2.12. The summed E-state index contributed by atoms with van der Waals surface area (Å²) >= 11 is 3.43. The van der Waals surface area contributed by atoms with Crippen LogP contribution in [0.15, 0.2) is 16.7 Å². The quantitative estimate of drug-likeness (QED) is 0.895. The molecule has 3 nitrogen and oxygen atoms in total. The van der Waals surface area contributed by atoms with Gasteiger partial charge in [-0.15, -0.1) is 0 Å². The fraction of sp³-hybridized carbons (Fsp3) is 0.583. The van der Waals surface area contributed by atoms with Gasteiger partial charge in [0.15, 0.2) is 0 Å². The number of nitrogens with zero attached hydrogens (tertiary/aromatic N) is 1. The molecule has 0 atom stereocenters. The van der Waals surface area contributed by atoms with Gasteiger partial charge in [0.05, 0.1) is 0 Å². The first kappa shape index (κ1) is 11.9. The summed E-state index contributed by atoms with van der Waals surface area (Å²) < 4.78 is 1.04. The predicted molar refractivity (Wildman–Crippen MR) is 70.8 cm³/mol. The lowest BCUT2D eigenvalue weighted by Crippen LogP contribution is -2.31. The molecule has 2 N–H and O–H groups in total. The predicted octanol–water partition coefficient (Wildman–Crippen LogP) is 2.56. The Bertz CT molecular complexity index is 348. The number of anilines is 1. The molecule has 4 heteroatoms. The molecule has 0 radical (unpaired) electrons. The van der Waals surface area contributed by atoms with E-state index >= 15 is 0 Å². The van der Waals surface area contributed by atoms with Gasteiger partial charge in [0.25, 0.3) is 0 Å². The zero-order valence-corrected chi connectivity index (χ0v) is 11.2. The molecule has 0 spiro atoms. The Labute approximate surface area is 105 Å². The second-order valence-corrected chi connectivity index (χ2v) is 5.31. The standard InChI is InChI=1S/C12H18BrN3/c1-9-6-11(13)8-16-12(9)15-7-10-2-4-14-5-3-10/h6,8,10,14H,2-5,7H2,1H3,(H,15,16). The Morgan fingerprint density at radius 2 is 2.25 bits per heavy atom. The Morgan fingerprint density at radius 1 is 1.50 bits per heavy atom. The van der Waals surface area contributed by atoms with Crippen LogP contribution in [-0.4, -0.2) is 24.6 Å². The van der Waals surface area contributed by atoms with Crippen molar-refractivity contribution >= 4 is 21.7 Å². The van der Waals surface area contributed by atoms with Crippen LogP contribution in [0, 0.1) is 12.8 Å². The number of rotatable bonds is 3. The Morgan fingerprint density at radius 3 is 2.94 bits per heavy atom. The molecule has 1 saturated heterocycles. The first-order valence-electron chi connectivity index (χ1n) is 5.82. The molecule has 1 fully saturated rings. The topological polar surface area (TPSA) is 37.0 Å². The molecule has 1 aliphatic rings. The fourth-order valence-electron chi connectivity index (χ4n) is 2.05. The van der Waals surface area contributed by atoms with Crippen LogP contribution in [0.5, 0.6) is 0 Å². The second-order valence-electron chi connectivity index (χ2n) is 4.39. The molecule has 1 aromatic heterocycles. The van der Waals surface area contributed by atoms with E-state index < -0.39 is 0 Å². The van der Waals surface area contributed by atoms with Crippen molar-refractivity contribution in [2.75, 3.05) is 25.0 Å². The zero-order valence-electron chi connectivity index (χ0n) is 9.59. The summed E-state index contributed by atoms with van der Waals surface area (Å²) in [6, 6.07) is 2.09. The minimum absolute atomic E-state index is 0.783. The summed E-state index contributed by atoms with van der Waals surface area (Å²) in [6.45, 7) is 5.43. The molecule has 0 amide bonds. The fourth-order valence-corrected chi connectivity index (χ4v) is 2.50. The third kappa shape index (κ3) is 3.19. The van der Waals surface area contributed by atoms with E-state index in [-0.39, 0.29) is 0 Å². The molecule has 88 valence electrons. The van der Waals surface area contributed by atoms with Crippen molar-refractivity contribution in [3.05, 3.63) is 22.3 Å². The van der Waals surface area contributed by atoms with Gasteiger partial charge in [0, 0.05) is 17.2 Å². The number of aryl methyl sites for hydroxylation is 1. The average Bonchev–Trinajstić information content (AvgIpc) is 2.29. The number of hydrogen-bond donors (Lipinski definition) is 2. The molecule has 2 heterocycles. The molecule has 2 rings (SSSR count). The maximum atomic E-state index is 4.39. The largest absolute Gasteiger partial charge is 0.370 e. The van der Waals surface area contributed by atoms with Crippen LogP contribution in [-0.2, 0) is 0 Å². The van der Waals surface area contributed by atoms with Gasteiger partial charge in [-0.05, 0) is 66.3 Å². The van der Waals surface area contributed by atoms with Crippen LogP contribution >= 0.6 is 15.9 Å². The SMILES string of the molecule is Cc1cc(Br)cnc1NCC1CCNCC1. The highest BCUT2D eigenvalue weighted by atomic mass is 79.9. The van der Waals surface area contributed by atoms with E-state index in [1.165, 1.54) is 18.4 Å². The van der Waals surface area contributed by atoms with Gasteiger partial charge in [-0.1, -0.05) is 0 Å². The lowest BCUT2D eigenvalue weighted by Gasteiger charge is -2.23. The summed E-state index contributed by atoms with van der Waals surface area (Å²) in [5, 5.41) is 6.83. The van der Waals surface area contributed by atoms with Gasteiger partial charge < -0.3 is 10.6 Å². The summed E-state index contributed by atoms with van der Waals surface area (Å²) in [7, 11) is 0. The lowest BCUT2D eigenvalue weighted by atomic mass is 9.98. The van der Waals surface area contributed by atoms with E-state index in [0.717, 1.165) is 35.8 Å². The van der Waals surface area contributed by atoms with Crippen molar-refractivity contribution in [3.63, 3.8) is 0 Å². The van der Waals surface area contributed by atoms with Crippen molar-refractivity contribution < 1.29 is 0 Å². The molecular formula is C12H18BrN3. The van der Waals surface area contributed by atoms with Crippen molar-refractivity contribution in [1.82, 2.24) is 10.3 Å². The summed E-state index contributed by atoms with van der Waals surface area (Å²) in [6.07, 6.45) is 4.38. The number of halogens is 1. The number of nitrogens with one attached hydrogen (secondary N) is 2. The van der Waals surface area contributed by atoms with Crippen LogP contribution in [0.3, 0.4) is 0 Å². The number of aromatic nitrogens is 1. The highest BCUT2D eigenvalue weighted by molar-refractivity contribution is 9.10. The molecule has 0 saturated carbocycles. The van der Waals surface area contributed by atoms with Crippen LogP contribution in [0.2, 0.25) is 0 Å². The summed E-state index contributed by atoms with van der Waals surface area (Å²) in [5.41, 5.74) is 1.20. The molecule has 1 aliphatic heterocycles. The van der Waals surface area contributed by atoms with E-state index in [1.807, 2.05) is 6.20 Å². The third-order valence-corrected chi connectivity index (χ3v) is 3.50. The van der Waals surface area contributed by atoms with E-state index in [2.05, 4.69) is 44.5 Å². The molecule has 0 aromatic carbocycles. The molecule has 0 unspecified atom stereocenters. The van der Waals surface area contributed by atoms with Gasteiger partial charge in [0.1, 0.15) is 5.82 Å². The van der Waals surface area contributed by atoms with Crippen LogP contribution in [0.1, 0.15) is 18.4 Å². The van der Waals surface area contributed by atoms with Gasteiger partial charge in [0.2, 0.25) is 0 Å². The smallest absolute Gasteiger partial charge is 0.128 e.